The Bertz CT molecular complexity index is 359. The van der Waals surface area contributed by atoms with E-state index in [-0.39, 0.29) is 12.1 Å². The van der Waals surface area contributed by atoms with Crippen LogP contribution in [0, 0.1) is 0 Å². The molecule has 0 amide bonds. The van der Waals surface area contributed by atoms with Crippen molar-refractivity contribution in [3.05, 3.63) is 16.4 Å². The third kappa shape index (κ3) is 3.56. The van der Waals surface area contributed by atoms with Gasteiger partial charge in [0.05, 0.1) is 28.5 Å². The highest BCUT2D eigenvalue weighted by Gasteiger charge is 2.25. The van der Waals surface area contributed by atoms with Crippen LogP contribution >= 0.6 is 15.9 Å². The molecule has 0 bridgehead atoms. The molecule has 0 aliphatic heterocycles. The first-order valence-electron chi connectivity index (χ1n) is 6.62. The fourth-order valence-corrected chi connectivity index (χ4v) is 2.65. The highest BCUT2D eigenvalue weighted by Crippen LogP contribution is 2.29. The Hall–Kier alpha value is -0.390. The van der Waals surface area contributed by atoms with Gasteiger partial charge in [-0.2, -0.15) is 5.10 Å². The van der Waals surface area contributed by atoms with Crippen LogP contribution in [0.15, 0.2) is 10.7 Å². The van der Waals surface area contributed by atoms with Crippen molar-refractivity contribution in [2.45, 2.75) is 58.7 Å². The van der Waals surface area contributed by atoms with Crippen LogP contribution in [0.25, 0.3) is 0 Å². The van der Waals surface area contributed by atoms with Gasteiger partial charge in [-0.3, -0.25) is 4.68 Å². The summed E-state index contributed by atoms with van der Waals surface area (Å²) in [6, 6.07) is 0.144. The number of hydrogen-bond acceptors (Lipinski definition) is 3. The molecule has 1 heterocycles. The number of nitrogens with two attached hydrogens (primary N) is 1. The summed E-state index contributed by atoms with van der Waals surface area (Å²) in [6.45, 7) is 9.04. The maximum Gasteiger partial charge on any atom is 0.0783 e. The molecule has 0 aliphatic carbocycles. The van der Waals surface area contributed by atoms with Crippen LogP contribution in [0.2, 0.25) is 0 Å². The zero-order valence-electron chi connectivity index (χ0n) is 11.7. The van der Waals surface area contributed by atoms with Crippen molar-refractivity contribution in [2.24, 2.45) is 5.73 Å². The second kappa shape index (κ2) is 7.26. The number of hydrogen-bond donors (Lipinski definition) is 1. The Labute approximate surface area is 118 Å². The first kappa shape index (κ1) is 15.7. The molecule has 0 spiro atoms. The average Bonchev–Trinajstić information content (AvgIpc) is 2.70. The van der Waals surface area contributed by atoms with Crippen molar-refractivity contribution in [1.29, 1.82) is 0 Å². The molecule has 2 N–H and O–H groups in total. The number of halogens is 1. The fourth-order valence-electron chi connectivity index (χ4n) is 2.12. The van der Waals surface area contributed by atoms with Crippen LogP contribution in [-0.2, 0) is 4.74 Å². The highest BCUT2D eigenvalue weighted by atomic mass is 79.9. The molecule has 4 nitrogen and oxygen atoms in total. The van der Waals surface area contributed by atoms with E-state index in [0.29, 0.717) is 12.6 Å². The Kier molecular flexibility index (Phi) is 6.32. The first-order valence-corrected chi connectivity index (χ1v) is 7.42. The lowest BCUT2D eigenvalue weighted by Crippen LogP contribution is -2.31. The van der Waals surface area contributed by atoms with Crippen molar-refractivity contribution in [3.8, 4) is 0 Å². The molecule has 2 unspecified atom stereocenters. The number of rotatable bonds is 7. The summed E-state index contributed by atoms with van der Waals surface area (Å²) < 4.78 is 8.70. The van der Waals surface area contributed by atoms with Gasteiger partial charge in [0.2, 0.25) is 0 Å². The van der Waals surface area contributed by atoms with Gasteiger partial charge in [0.1, 0.15) is 0 Å². The molecule has 1 aromatic heterocycles. The van der Waals surface area contributed by atoms with Crippen LogP contribution in [0.1, 0.15) is 58.3 Å². The van der Waals surface area contributed by atoms with Gasteiger partial charge in [-0.1, -0.05) is 13.3 Å². The van der Waals surface area contributed by atoms with Crippen molar-refractivity contribution >= 4 is 15.9 Å². The molecule has 0 radical (unpaired) electrons. The van der Waals surface area contributed by atoms with E-state index < -0.39 is 0 Å². The van der Waals surface area contributed by atoms with Crippen LogP contribution in [0.5, 0.6) is 0 Å². The summed E-state index contributed by atoms with van der Waals surface area (Å²) in [5, 5.41) is 4.37. The van der Waals surface area contributed by atoms with Crippen molar-refractivity contribution in [2.75, 3.05) is 6.61 Å². The first-order chi connectivity index (χ1) is 8.52. The second-order valence-electron chi connectivity index (χ2n) is 4.72. The molecule has 0 saturated heterocycles. The van der Waals surface area contributed by atoms with E-state index in [1.54, 1.807) is 0 Å². The second-order valence-corrected chi connectivity index (χ2v) is 5.58. The van der Waals surface area contributed by atoms with Gasteiger partial charge < -0.3 is 10.5 Å². The minimum Gasteiger partial charge on any atom is -0.376 e. The molecule has 2 atom stereocenters. The van der Waals surface area contributed by atoms with Gasteiger partial charge in [-0.15, -0.1) is 0 Å². The third-order valence-corrected chi connectivity index (χ3v) is 3.56. The zero-order valence-corrected chi connectivity index (χ0v) is 13.3. The minimum absolute atomic E-state index is 0.0468. The Balaban J connectivity index is 2.99. The molecule has 104 valence electrons. The molecular weight excluding hydrogens is 294 g/mol. The number of nitrogens with zero attached hydrogens (tertiary/aromatic N) is 2. The molecule has 0 aromatic carbocycles. The highest BCUT2D eigenvalue weighted by molar-refractivity contribution is 9.10. The van der Waals surface area contributed by atoms with Crippen LogP contribution in [-0.4, -0.2) is 22.5 Å². The molecule has 0 saturated carbocycles. The summed E-state index contributed by atoms with van der Waals surface area (Å²) in [4.78, 5) is 0. The summed E-state index contributed by atoms with van der Waals surface area (Å²) in [5.74, 6) is 0. The van der Waals surface area contributed by atoms with Gasteiger partial charge in [0, 0.05) is 12.6 Å². The van der Waals surface area contributed by atoms with E-state index in [1.807, 2.05) is 17.8 Å². The largest absolute Gasteiger partial charge is 0.376 e. The summed E-state index contributed by atoms with van der Waals surface area (Å²) in [7, 11) is 0. The predicted molar refractivity (Wildman–Crippen MR) is 77.6 cm³/mol. The number of ether oxygens (including phenoxy) is 1. The predicted octanol–water partition coefficient (Wildman–Crippen LogP) is 3.43. The summed E-state index contributed by atoms with van der Waals surface area (Å²) in [5.41, 5.74) is 7.40. The maximum atomic E-state index is 6.38. The summed E-state index contributed by atoms with van der Waals surface area (Å²) >= 11 is 3.54. The topological polar surface area (TPSA) is 53.1 Å². The quantitative estimate of drug-likeness (QED) is 0.838. The average molecular weight is 318 g/mol. The van der Waals surface area contributed by atoms with E-state index in [2.05, 4.69) is 41.8 Å². The number of aromatic nitrogens is 2. The third-order valence-electron chi connectivity index (χ3n) is 2.95. The van der Waals surface area contributed by atoms with Crippen LogP contribution in [0.3, 0.4) is 0 Å². The molecular formula is C13H24BrN3O. The van der Waals surface area contributed by atoms with Crippen LogP contribution in [0.4, 0.5) is 0 Å². The fraction of sp³-hybridized carbons (Fsp3) is 0.769. The molecule has 0 fully saturated rings. The van der Waals surface area contributed by atoms with Crippen LogP contribution < -0.4 is 5.73 Å². The van der Waals surface area contributed by atoms with E-state index >= 15 is 0 Å². The van der Waals surface area contributed by atoms with E-state index in [1.165, 1.54) is 0 Å². The van der Waals surface area contributed by atoms with Gasteiger partial charge in [-0.05, 0) is 43.1 Å². The monoisotopic (exact) mass is 317 g/mol. The van der Waals surface area contributed by atoms with E-state index in [9.17, 15) is 0 Å². The van der Waals surface area contributed by atoms with Gasteiger partial charge in [0.25, 0.3) is 0 Å². The lowest BCUT2D eigenvalue weighted by molar-refractivity contribution is 0.0350. The Morgan fingerprint density at radius 2 is 2.11 bits per heavy atom. The van der Waals surface area contributed by atoms with Gasteiger partial charge in [-0.25, -0.2) is 0 Å². The lowest BCUT2D eigenvalue weighted by Gasteiger charge is -2.25. The molecule has 0 aliphatic rings. The molecule has 1 rings (SSSR count). The maximum absolute atomic E-state index is 6.38. The standard InChI is InChI=1S/C13H24BrN3O/c1-5-7-11(18-6-2)12(15)13-10(14)8-16-17(13)9(3)4/h8-9,11-12H,5-7,15H2,1-4H3. The molecule has 5 heteroatoms. The Morgan fingerprint density at radius 1 is 1.44 bits per heavy atom. The SMILES string of the molecule is CCCC(OCC)C(N)c1c(Br)cnn1C(C)C. The normalized spacial score (nSPS) is 15.1. The smallest absolute Gasteiger partial charge is 0.0783 e. The molecule has 1 aromatic rings. The Morgan fingerprint density at radius 3 is 2.61 bits per heavy atom. The lowest BCUT2D eigenvalue weighted by atomic mass is 10.0. The minimum atomic E-state index is -0.149. The van der Waals surface area contributed by atoms with E-state index in [4.69, 9.17) is 10.5 Å². The van der Waals surface area contributed by atoms with Gasteiger partial charge in [0.15, 0.2) is 0 Å². The van der Waals surface area contributed by atoms with Crippen molar-refractivity contribution in [3.63, 3.8) is 0 Å². The van der Waals surface area contributed by atoms with Crippen molar-refractivity contribution in [1.82, 2.24) is 9.78 Å². The van der Waals surface area contributed by atoms with Crippen molar-refractivity contribution < 1.29 is 4.74 Å². The van der Waals surface area contributed by atoms with E-state index in [0.717, 1.165) is 23.0 Å². The zero-order chi connectivity index (χ0) is 13.7. The van der Waals surface area contributed by atoms with Gasteiger partial charge >= 0.3 is 0 Å². The summed E-state index contributed by atoms with van der Waals surface area (Å²) in [6.07, 6.45) is 3.88. The molecule has 18 heavy (non-hydrogen) atoms.